The molecular weight excluding hydrogens is 143 g/mol. The van der Waals surface area contributed by atoms with Crippen LogP contribution in [0.3, 0.4) is 0 Å². The molecule has 0 aromatic carbocycles. The Morgan fingerprint density at radius 1 is 1.33 bits per heavy atom. The zero-order valence-corrected chi connectivity index (χ0v) is 5.36. The number of nitrogens with zero attached hydrogens (tertiary/aromatic N) is 1. The highest BCUT2D eigenvalue weighted by Gasteiger charge is 1.76. The van der Waals surface area contributed by atoms with Gasteiger partial charge < -0.3 is 19.7 Å². The number of aromatic nitrogens is 2. The van der Waals surface area contributed by atoms with E-state index in [1.807, 2.05) is 0 Å². The standard InChI is InChI=1S/C3H4N2.H3O3P/c1-2-5-3-4-1;1-4(2)3/h1-3H,(H,4,5);1-3H. The van der Waals surface area contributed by atoms with Crippen LogP contribution >= 0.6 is 8.60 Å². The lowest BCUT2D eigenvalue weighted by atomic mass is 11.0. The van der Waals surface area contributed by atoms with Gasteiger partial charge in [-0.25, -0.2) is 4.98 Å². The smallest absolute Gasteiger partial charge is 0.324 e. The van der Waals surface area contributed by atoms with Crippen molar-refractivity contribution in [2.24, 2.45) is 0 Å². The van der Waals surface area contributed by atoms with Gasteiger partial charge in [-0.2, -0.15) is 0 Å². The van der Waals surface area contributed by atoms with E-state index < -0.39 is 8.60 Å². The molecule has 5 nitrogen and oxygen atoms in total. The van der Waals surface area contributed by atoms with Crippen molar-refractivity contribution < 1.29 is 14.7 Å². The fraction of sp³-hybridized carbons (Fsp3) is 0. The van der Waals surface area contributed by atoms with Crippen LogP contribution in [0.2, 0.25) is 0 Å². The zero-order chi connectivity index (χ0) is 7.11. The van der Waals surface area contributed by atoms with Crippen molar-refractivity contribution >= 4 is 8.60 Å². The summed E-state index contributed by atoms with van der Waals surface area (Å²) in [5.41, 5.74) is 0. The molecule has 0 radical (unpaired) electrons. The van der Waals surface area contributed by atoms with Gasteiger partial charge >= 0.3 is 8.60 Å². The Morgan fingerprint density at radius 2 is 1.89 bits per heavy atom. The topological polar surface area (TPSA) is 89.4 Å². The first-order valence-electron chi connectivity index (χ1n) is 2.03. The molecule has 0 unspecified atom stereocenters. The van der Waals surface area contributed by atoms with Crippen LogP contribution in [-0.2, 0) is 0 Å². The van der Waals surface area contributed by atoms with E-state index in [-0.39, 0.29) is 0 Å². The number of H-pyrrole nitrogens is 1. The van der Waals surface area contributed by atoms with Gasteiger partial charge in [-0.05, 0) is 0 Å². The summed E-state index contributed by atoms with van der Waals surface area (Å²) < 4.78 is 0. The molecule has 0 saturated carbocycles. The molecule has 1 aromatic rings. The monoisotopic (exact) mass is 150 g/mol. The second kappa shape index (κ2) is 5.65. The average molecular weight is 150 g/mol. The summed E-state index contributed by atoms with van der Waals surface area (Å²) in [6.45, 7) is 0. The summed E-state index contributed by atoms with van der Waals surface area (Å²) in [6.07, 6.45) is 5.08. The van der Waals surface area contributed by atoms with E-state index in [9.17, 15) is 0 Å². The molecule has 0 bridgehead atoms. The maximum Gasteiger partial charge on any atom is 0.324 e. The largest absolute Gasteiger partial charge is 0.351 e. The van der Waals surface area contributed by atoms with E-state index in [0.717, 1.165) is 0 Å². The Morgan fingerprint density at radius 3 is 2.00 bits per heavy atom. The van der Waals surface area contributed by atoms with Crippen LogP contribution in [0, 0.1) is 0 Å². The molecule has 52 valence electrons. The Bertz CT molecular complexity index is 101. The Kier molecular flexibility index (Phi) is 5.35. The van der Waals surface area contributed by atoms with Gasteiger partial charge in [-0.1, -0.05) is 0 Å². The van der Waals surface area contributed by atoms with Gasteiger partial charge in [0, 0.05) is 12.4 Å². The summed E-state index contributed by atoms with van der Waals surface area (Å²) in [4.78, 5) is 28.1. The quantitative estimate of drug-likeness (QED) is 0.379. The van der Waals surface area contributed by atoms with Crippen molar-refractivity contribution in [3.8, 4) is 0 Å². The van der Waals surface area contributed by atoms with Crippen LogP contribution in [-0.4, -0.2) is 24.6 Å². The molecule has 0 saturated heterocycles. The highest BCUT2D eigenvalue weighted by molar-refractivity contribution is 7.38. The number of aromatic amines is 1. The second-order valence-electron chi connectivity index (χ2n) is 1.03. The van der Waals surface area contributed by atoms with Crippen molar-refractivity contribution in [2.45, 2.75) is 0 Å². The Labute approximate surface area is 53.0 Å². The average Bonchev–Trinajstić information content (AvgIpc) is 2.11. The molecule has 0 aliphatic carbocycles. The molecule has 0 fully saturated rings. The lowest BCUT2D eigenvalue weighted by Crippen LogP contribution is -1.54. The van der Waals surface area contributed by atoms with Crippen molar-refractivity contribution in [2.75, 3.05) is 0 Å². The first-order chi connectivity index (χ1) is 4.23. The predicted octanol–water partition coefficient (Wildman–Crippen LogP) is -0.400. The minimum atomic E-state index is -2.62. The number of hydrogen-bond acceptors (Lipinski definition) is 4. The maximum absolute atomic E-state index is 7.23. The third-order valence-corrected chi connectivity index (χ3v) is 0.406. The van der Waals surface area contributed by atoms with Gasteiger partial charge in [0.25, 0.3) is 0 Å². The zero-order valence-electron chi connectivity index (χ0n) is 4.47. The SMILES string of the molecule is OP(O)O.c1c[nH]cn1. The highest BCUT2D eigenvalue weighted by atomic mass is 31.2. The number of rotatable bonds is 0. The van der Waals surface area contributed by atoms with Crippen LogP contribution in [0.15, 0.2) is 18.7 Å². The molecule has 0 amide bonds. The van der Waals surface area contributed by atoms with E-state index in [1.165, 1.54) is 0 Å². The number of nitrogens with one attached hydrogen (secondary N) is 1. The highest BCUT2D eigenvalue weighted by Crippen LogP contribution is 2.11. The van der Waals surface area contributed by atoms with Crippen LogP contribution in [0.25, 0.3) is 0 Å². The van der Waals surface area contributed by atoms with Crippen LogP contribution in [0.5, 0.6) is 0 Å². The molecule has 4 N–H and O–H groups in total. The van der Waals surface area contributed by atoms with Crippen molar-refractivity contribution in [3.63, 3.8) is 0 Å². The third-order valence-electron chi connectivity index (χ3n) is 0.406. The van der Waals surface area contributed by atoms with Gasteiger partial charge in [0.2, 0.25) is 0 Å². The van der Waals surface area contributed by atoms with Crippen LogP contribution in [0.4, 0.5) is 0 Å². The maximum atomic E-state index is 7.23. The molecule has 1 rings (SSSR count). The van der Waals surface area contributed by atoms with Gasteiger partial charge in [0.15, 0.2) is 0 Å². The third kappa shape index (κ3) is 11.2. The van der Waals surface area contributed by atoms with Gasteiger partial charge in [-0.15, -0.1) is 0 Å². The molecule has 1 heterocycles. The lowest BCUT2D eigenvalue weighted by molar-refractivity contribution is 0.368. The van der Waals surface area contributed by atoms with E-state index in [4.69, 9.17) is 14.7 Å². The summed E-state index contributed by atoms with van der Waals surface area (Å²) >= 11 is 0. The lowest BCUT2D eigenvalue weighted by Gasteiger charge is -1.76. The molecule has 0 aliphatic rings. The summed E-state index contributed by atoms with van der Waals surface area (Å²) in [5.74, 6) is 0. The van der Waals surface area contributed by atoms with E-state index >= 15 is 0 Å². The second-order valence-corrected chi connectivity index (χ2v) is 1.57. The van der Waals surface area contributed by atoms with Crippen LogP contribution in [0.1, 0.15) is 0 Å². The molecule has 6 heteroatoms. The van der Waals surface area contributed by atoms with Crippen molar-refractivity contribution in [1.82, 2.24) is 9.97 Å². The van der Waals surface area contributed by atoms with E-state index in [0.29, 0.717) is 0 Å². The molecule has 0 spiro atoms. The minimum absolute atomic E-state index is 1.62. The van der Waals surface area contributed by atoms with Gasteiger partial charge in [-0.3, -0.25) is 0 Å². The van der Waals surface area contributed by atoms with Crippen molar-refractivity contribution in [1.29, 1.82) is 0 Å². The molecule has 0 aliphatic heterocycles. The van der Waals surface area contributed by atoms with E-state index in [1.54, 1.807) is 18.7 Å². The molecular formula is C3H7N2O3P. The Balaban J connectivity index is 0.000000148. The summed E-state index contributed by atoms with van der Waals surface area (Å²) in [7, 11) is -2.62. The fourth-order valence-corrected chi connectivity index (χ4v) is 0.215. The molecule has 0 atom stereocenters. The van der Waals surface area contributed by atoms with Crippen molar-refractivity contribution in [3.05, 3.63) is 18.7 Å². The summed E-state index contributed by atoms with van der Waals surface area (Å²) in [6, 6.07) is 0. The Hall–Kier alpha value is -0.480. The number of imidazole rings is 1. The molecule has 1 aromatic heterocycles. The van der Waals surface area contributed by atoms with E-state index in [2.05, 4.69) is 9.97 Å². The summed E-state index contributed by atoms with van der Waals surface area (Å²) in [5, 5.41) is 0. The normalized spacial score (nSPS) is 8.44. The van der Waals surface area contributed by atoms with Gasteiger partial charge in [0.05, 0.1) is 6.33 Å². The molecule has 9 heavy (non-hydrogen) atoms. The van der Waals surface area contributed by atoms with Gasteiger partial charge in [0.1, 0.15) is 0 Å². The minimum Gasteiger partial charge on any atom is -0.351 e. The number of hydrogen-bond donors (Lipinski definition) is 4. The predicted molar refractivity (Wildman–Crippen MR) is 32.2 cm³/mol. The van der Waals surface area contributed by atoms with Crippen LogP contribution < -0.4 is 0 Å². The first-order valence-corrected chi connectivity index (χ1v) is 3.23. The first kappa shape index (κ1) is 8.52. The fourth-order valence-electron chi connectivity index (χ4n) is 0.215.